The van der Waals surface area contributed by atoms with Gasteiger partial charge in [0.2, 0.25) is 0 Å². The molecule has 0 N–H and O–H groups in total. The van der Waals surface area contributed by atoms with E-state index in [1.165, 1.54) is 18.7 Å². The van der Waals surface area contributed by atoms with Crippen LogP contribution >= 0.6 is 11.6 Å². The van der Waals surface area contributed by atoms with Crippen molar-refractivity contribution in [2.45, 2.75) is 32.2 Å². The van der Waals surface area contributed by atoms with Crippen molar-refractivity contribution in [3.05, 3.63) is 35.2 Å². The number of fused-ring (bicyclic) bond motifs is 1. The summed E-state index contributed by atoms with van der Waals surface area (Å²) in [5.41, 5.74) is 2.14. The zero-order valence-electron chi connectivity index (χ0n) is 10.8. The lowest BCUT2D eigenvalue weighted by molar-refractivity contribution is 0.272. The van der Waals surface area contributed by atoms with Crippen LogP contribution in [0, 0.1) is 0 Å². The van der Waals surface area contributed by atoms with Crippen molar-refractivity contribution in [1.82, 2.24) is 14.3 Å². The summed E-state index contributed by atoms with van der Waals surface area (Å²) in [5.74, 6) is 0.561. The Morgan fingerprint density at radius 1 is 1.44 bits per heavy atom. The minimum atomic E-state index is 0.561. The number of imidazole rings is 1. The standard InChI is InChI=1S/C14H18ClN3/c1-10(2)17-5-3-11(8-17)13-9-18-6-4-12(15)7-14(18)16-13/h4,6-7,9-11H,3,5,8H2,1-2H3. The third-order valence-corrected chi connectivity index (χ3v) is 4.04. The van der Waals surface area contributed by atoms with Gasteiger partial charge in [0.15, 0.2) is 0 Å². The average Bonchev–Trinajstić information content (AvgIpc) is 2.93. The van der Waals surface area contributed by atoms with E-state index in [9.17, 15) is 0 Å². The molecule has 0 spiro atoms. The molecule has 2 aromatic rings. The molecule has 1 saturated heterocycles. The van der Waals surface area contributed by atoms with E-state index in [2.05, 4.69) is 29.3 Å². The Kier molecular flexibility index (Phi) is 3.04. The van der Waals surface area contributed by atoms with Crippen molar-refractivity contribution in [3.63, 3.8) is 0 Å². The third-order valence-electron chi connectivity index (χ3n) is 3.81. The molecule has 3 nitrogen and oxygen atoms in total. The maximum Gasteiger partial charge on any atom is 0.138 e. The number of rotatable bonds is 2. The minimum absolute atomic E-state index is 0.561. The van der Waals surface area contributed by atoms with Gasteiger partial charge in [-0.25, -0.2) is 4.98 Å². The smallest absolute Gasteiger partial charge is 0.138 e. The first-order chi connectivity index (χ1) is 8.63. The van der Waals surface area contributed by atoms with Crippen molar-refractivity contribution < 1.29 is 0 Å². The summed E-state index contributed by atoms with van der Waals surface area (Å²) in [5, 5.41) is 0.745. The molecule has 0 radical (unpaired) electrons. The summed E-state index contributed by atoms with van der Waals surface area (Å²) in [4.78, 5) is 7.22. The van der Waals surface area contributed by atoms with E-state index in [0.717, 1.165) is 17.2 Å². The lowest BCUT2D eigenvalue weighted by Crippen LogP contribution is -2.27. The van der Waals surface area contributed by atoms with E-state index in [1.807, 2.05) is 18.3 Å². The van der Waals surface area contributed by atoms with Crippen LogP contribution in [0.15, 0.2) is 24.5 Å². The third kappa shape index (κ3) is 2.13. The molecule has 1 aliphatic heterocycles. The first-order valence-corrected chi connectivity index (χ1v) is 6.89. The van der Waals surface area contributed by atoms with Crippen LogP contribution in [0.4, 0.5) is 0 Å². The van der Waals surface area contributed by atoms with Crippen molar-refractivity contribution in [2.75, 3.05) is 13.1 Å². The zero-order chi connectivity index (χ0) is 12.7. The molecule has 0 bridgehead atoms. The number of hydrogen-bond acceptors (Lipinski definition) is 2. The topological polar surface area (TPSA) is 20.5 Å². The van der Waals surface area contributed by atoms with Gasteiger partial charge in [-0.05, 0) is 38.9 Å². The molecule has 1 fully saturated rings. The number of nitrogens with zero attached hydrogens (tertiary/aromatic N) is 3. The Balaban J connectivity index is 1.87. The number of likely N-dealkylation sites (tertiary alicyclic amines) is 1. The molecular weight excluding hydrogens is 246 g/mol. The predicted octanol–water partition coefficient (Wildman–Crippen LogP) is 3.19. The van der Waals surface area contributed by atoms with E-state index < -0.39 is 0 Å². The summed E-state index contributed by atoms with van der Waals surface area (Å²) in [6, 6.07) is 4.44. The molecule has 0 aliphatic carbocycles. The fraction of sp³-hybridized carbons (Fsp3) is 0.500. The van der Waals surface area contributed by atoms with Gasteiger partial charge in [-0.3, -0.25) is 0 Å². The van der Waals surface area contributed by atoms with Crippen LogP contribution in [0.25, 0.3) is 5.65 Å². The fourth-order valence-corrected chi connectivity index (χ4v) is 2.83. The van der Waals surface area contributed by atoms with Crippen molar-refractivity contribution in [3.8, 4) is 0 Å². The van der Waals surface area contributed by atoms with E-state index in [1.54, 1.807) is 0 Å². The second-order valence-corrected chi connectivity index (χ2v) is 5.79. The van der Waals surface area contributed by atoms with Crippen LogP contribution in [-0.4, -0.2) is 33.4 Å². The van der Waals surface area contributed by atoms with Gasteiger partial charge >= 0.3 is 0 Å². The van der Waals surface area contributed by atoms with E-state index in [-0.39, 0.29) is 0 Å². The molecule has 0 aromatic carbocycles. The molecule has 96 valence electrons. The molecule has 1 unspecified atom stereocenters. The van der Waals surface area contributed by atoms with Gasteiger partial charge in [0.25, 0.3) is 0 Å². The maximum absolute atomic E-state index is 5.99. The molecule has 0 amide bonds. The summed E-state index contributed by atoms with van der Waals surface area (Å²) in [6.45, 7) is 6.81. The summed E-state index contributed by atoms with van der Waals surface area (Å²) in [7, 11) is 0. The Morgan fingerprint density at radius 3 is 3.00 bits per heavy atom. The molecule has 0 saturated carbocycles. The van der Waals surface area contributed by atoms with Gasteiger partial charge in [0.05, 0.1) is 5.69 Å². The Morgan fingerprint density at radius 2 is 2.28 bits per heavy atom. The largest absolute Gasteiger partial charge is 0.307 e. The summed E-state index contributed by atoms with van der Waals surface area (Å²) >= 11 is 5.99. The highest BCUT2D eigenvalue weighted by Gasteiger charge is 2.27. The summed E-state index contributed by atoms with van der Waals surface area (Å²) in [6.07, 6.45) is 5.32. The monoisotopic (exact) mass is 263 g/mol. The number of aromatic nitrogens is 2. The van der Waals surface area contributed by atoms with Crippen molar-refractivity contribution in [2.24, 2.45) is 0 Å². The number of halogens is 1. The second-order valence-electron chi connectivity index (χ2n) is 5.35. The second kappa shape index (κ2) is 4.56. The highest BCUT2D eigenvalue weighted by Crippen LogP contribution is 2.28. The van der Waals surface area contributed by atoms with Crippen molar-refractivity contribution >= 4 is 17.2 Å². The molecule has 1 aliphatic rings. The van der Waals surface area contributed by atoms with Gasteiger partial charge in [-0.15, -0.1) is 0 Å². The normalized spacial score (nSPS) is 21.2. The van der Waals surface area contributed by atoms with Gasteiger partial charge in [-0.1, -0.05) is 11.6 Å². The van der Waals surface area contributed by atoms with Gasteiger partial charge < -0.3 is 9.30 Å². The van der Waals surface area contributed by atoms with Crippen LogP contribution < -0.4 is 0 Å². The lowest BCUT2D eigenvalue weighted by atomic mass is 10.1. The first kappa shape index (κ1) is 12.0. The fourth-order valence-electron chi connectivity index (χ4n) is 2.67. The molecular formula is C14H18ClN3. The van der Waals surface area contributed by atoms with Crippen LogP contribution in [0.1, 0.15) is 31.9 Å². The Hall–Kier alpha value is -1.06. The minimum Gasteiger partial charge on any atom is -0.307 e. The quantitative estimate of drug-likeness (QED) is 0.830. The molecule has 3 rings (SSSR count). The lowest BCUT2D eigenvalue weighted by Gasteiger charge is -2.19. The highest BCUT2D eigenvalue weighted by atomic mass is 35.5. The number of pyridine rings is 1. The van der Waals surface area contributed by atoms with E-state index in [4.69, 9.17) is 16.6 Å². The van der Waals surface area contributed by atoms with Crippen LogP contribution in [-0.2, 0) is 0 Å². The molecule has 3 heterocycles. The van der Waals surface area contributed by atoms with Crippen LogP contribution in [0.5, 0.6) is 0 Å². The van der Waals surface area contributed by atoms with Crippen LogP contribution in [0.3, 0.4) is 0 Å². The van der Waals surface area contributed by atoms with Gasteiger partial charge in [0.1, 0.15) is 5.65 Å². The Labute approximate surface area is 112 Å². The molecule has 18 heavy (non-hydrogen) atoms. The molecule has 2 aromatic heterocycles. The van der Waals surface area contributed by atoms with E-state index in [0.29, 0.717) is 12.0 Å². The number of hydrogen-bond donors (Lipinski definition) is 0. The van der Waals surface area contributed by atoms with Crippen LogP contribution in [0.2, 0.25) is 5.02 Å². The average molecular weight is 264 g/mol. The van der Waals surface area contributed by atoms with E-state index >= 15 is 0 Å². The maximum atomic E-state index is 5.99. The highest BCUT2D eigenvalue weighted by molar-refractivity contribution is 6.30. The summed E-state index contributed by atoms with van der Waals surface area (Å²) < 4.78 is 2.05. The van der Waals surface area contributed by atoms with Gasteiger partial charge in [0, 0.05) is 35.9 Å². The first-order valence-electron chi connectivity index (χ1n) is 6.51. The van der Waals surface area contributed by atoms with Gasteiger partial charge in [-0.2, -0.15) is 0 Å². The predicted molar refractivity (Wildman–Crippen MR) is 74.3 cm³/mol. The van der Waals surface area contributed by atoms with Crippen molar-refractivity contribution in [1.29, 1.82) is 0 Å². The Bertz CT molecular complexity index is 561. The SMILES string of the molecule is CC(C)N1CCC(c2cn3ccc(Cl)cc3n2)C1. The zero-order valence-corrected chi connectivity index (χ0v) is 11.6. The molecule has 1 atom stereocenters. The molecule has 4 heteroatoms.